The molecule has 0 aliphatic rings. The van der Waals surface area contributed by atoms with Crippen molar-refractivity contribution in [1.82, 2.24) is 5.43 Å². The van der Waals surface area contributed by atoms with Gasteiger partial charge in [0.05, 0.1) is 21.7 Å². The van der Waals surface area contributed by atoms with Crippen LogP contribution < -0.4 is 5.43 Å². The monoisotopic (exact) mass is 303 g/mol. The van der Waals surface area contributed by atoms with Crippen molar-refractivity contribution in [2.75, 3.05) is 0 Å². The maximum Gasteiger partial charge on any atom is 0.272 e. The van der Waals surface area contributed by atoms with E-state index < -0.39 is 10.8 Å². The number of non-ortho nitro benzene ring substituents is 1. The molecule has 0 fully saturated rings. The first kappa shape index (κ1) is 14.7. The predicted molar refractivity (Wildman–Crippen MR) is 79.6 cm³/mol. The summed E-state index contributed by atoms with van der Waals surface area (Å²) in [7, 11) is 0. The highest BCUT2D eigenvalue weighted by molar-refractivity contribution is 6.33. The van der Waals surface area contributed by atoms with Crippen LogP contribution in [0.15, 0.2) is 53.6 Å². The van der Waals surface area contributed by atoms with Crippen molar-refractivity contribution < 1.29 is 9.72 Å². The molecular formula is C14H10ClN3O3. The van der Waals surface area contributed by atoms with Gasteiger partial charge in [0.1, 0.15) is 0 Å². The molecule has 6 nitrogen and oxygen atoms in total. The van der Waals surface area contributed by atoms with Crippen LogP contribution in [0.5, 0.6) is 0 Å². The molecule has 0 aliphatic heterocycles. The second-order valence-corrected chi connectivity index (χ2v) is 4.44. The van der Waals surface area contributed by atoms with Crippen LogP contribution in [0.1, 0.15) is 15.9 Å². The van der Waals surface area contributed by atoms with Gasteiger partial charge in [0, 0.05) is 17.7 Å². The summed E-state index contributed by atoms with van der Waals surface area (Å²) < 4.78 is 0. The molecule has 0 atom stereocenters. The molecule has 0 heterocycles. The van der Waals surface area contributed by atoms with E-state index in [1.54, 1.807) is 30.3 Å². The molecule has 0 bridgehead atoms. The minimum absolute atomic E-state index is 0.0450. The number of nitrogens with one attached hydrogen (secondary N) is 1. The van der Waals surface area contributed by atoms with Gasteiger partial charge in [-0.1, -0.05) is 35.9 Å². The van der Waals surface area contributed by atoms with Crippen LogP contribution in [0.2, 0.25) is 5.02 Å². The zero-order valence-corrected chi connectivity index (χ0v) is 11.4. The summed E-state index contributed by atoms with van der Waals surface area (Å²) in [6.07, 6.45) is 1.32. The summed E-state index contributed by atoms with van der Waals surface area (Å²) in [4.78, 5) is 21.9. The lowest BCUT2D eigenvalue weighted by Crippen LogP contribution is -2.17. The van der Waals surface area contributed by atoms with Gasteiger partial charge in [-0.3, -0.25) is 14.9 Å². The van der Waals surface area contributed by atoms with Crippen LogP contribution in [0.3, 0.4) is 0 Å². The van der Waals surface area contributed by atoms with Crippen molar-refractivity contribution in [3.8, 4) is 0 Å². The number of nitro groups is 1. The van der Waals surface area contributed by atoms with Gasteiger partial charge in [-0.2, -0.15) is 5.10 Å². The number of carbonyl (C=O) groups excluding carboxylic acids is 1. The number of carbonyl (C=O) groups is 1. The van der Waals surface area contributed by atoms with Crippen LogP contribution in [0, 0.1) is 10.1 Å². The average Bonchev–Trinajstić information content (AvgIpc) is 2.48. The molecule has 0 radical (unpaired) electrons. The summed E-state index contributed by atoms with van der Waals surface area (Å²) in [6.45, 7) is 0. The van der Waals surface area contributed by atoms with E-state index in [4.69, 9.17) is 11.6 Å². The molecule has 2 rings (SSSR count). The number of rotatable bonds is 4. The van der Waals surface area contributed by atoms with Gasteiger partial charge in [0.2, 0.25) is 0 Å². The Morgan fingerprint density at radius 2 is 2.00 bits per heavy atom. The van der Waals surface area contributed by atoms with Gasteiger partial charge in [-0.25, -0.2) is 5.43 Å². The fourth-order valence-corrected chi connectivity index (χ4v) is 1.81. The molecule has 106 valence electrons. The van der Waals surface area contributed by atoms with E-state index in [9.17, 15) is 14.9 Å². The minimum atomic E-state index is -0.500. The Labute approximate surface area is 125 Å². The number of hydrogen-bond acceptors (Lipinski definition) is 4. The van der Waals surface area contributed by atoms with E-state index in [0.717, 1.165) is 0 Å². The first-order valence-corrected chi connectivity index (χ1v) is 6.28. The zero-order chi connectivity index (χ0) is 15.2. The van der Waals surface area contributed by atoms with Crippen molar-refractivity contribution in [3.05, 3.63) is 74.8 Å². The topological polar surface area (TPSA) is 84.6 Å². The smallest absolute Gasteiger partial charge is 0.267 e. The summed E-state index contributed by atoms with van der Waals surface area (Å²) in [6, 6.07) is 12.5. The van der Waals surface area contributed by atoms with E-state index in [1.165, 1.54) is 24.4 Å². The maximum absolute atomic E-state index is 11.8. The fourth-order valence-electron chi connectivity index (χ4n) is 1.59. The number of nitrogens with zero attached hydrogens (tertiary/aromatic N) is 2. The van der Waals surface area contributed by atoms with Crippen LogP contribution in [-0.2, 0) is 0 Å². The van der Waals surface area contributed by atoms with E-state index in [0.29, 0.717) is 16.1 Å². The number of nitro benzene ring substituents is 1. The summed E-state index contributed by atoms with van der Waals surface area (Å²) in [5, 5.41) is 14.7. The van der Waals surface area contributed by atoms with Crippen LogP contribution in [0.25, 0.3) is 0 Å². The zero-order valence-electron chi connectivity index (χ0n) is 10.7. The molecule has 7 heteroatoms. The van der Waals surface area contributed by atoms with Crippen molar-refractivity contribution in [2.24, 2.45) is 5.10 Å². The molecule has 0 saturated heterocycles. The van der Waals surface area contributed by atoms with Crippen molar-refractivity contribution in [1.29, 1.82) is 0 Å². The van der Waals surface area contributed by atoms with Gasteiger partial charge in [0.15, 0.2) is 0 Å². The predicted octanol–water partition coefficient (Wildman–Crippen LogP) is 3.01. The Morgan fingerprint density at radius 1 is 1.24 bits per heavy atom. The molecular weight excluding hydrogens is 294 g/mol. The number of halogens is 1. The first-order chi connectivity index (χ1) is 10.1. The number of hydrazone groups is 1. The van der Waals surface area contributed by atoms with E-state index >= 15 is 0 Å². The number of hydrogen-bond donors (Lipinski definition) is 1. The Balaban J connectivity index is 2.06. The van der Waals surface area contributed by atoms with Crippen LogP contribution in [-0.4, -0.2) is 17.0 Å². The Bertz CT molecular complexity index is 716. The third-order valence-electron chi connectivity index (χ3n) is 2.58. The third kappa shape index (κ3) is 3.87. The summed E-state index contributed by atoms with van der Waals surface area (Å²) in [5.41, 5.74) is 3.07. The van der Waals surface area contributed by atoms with Gasteiger partial charge in [-0.15, -0.1) is 0 Å². The highest BCUT2D eigenvalue weighted by Crippen LogP contribution is 2.14. The standard InChI is InChI=1S/C14H10ClN3O3/c15-13-7-2-1-6-12(13)14(19)17-16-9-10-4-3-5-11(8-10)18(20)21/h1-9H,(H,17,19)/b16-9-. The second kappa shape index (κ2) is 6.62. The van der Waals surface area contributed by atoms with E-state index in [-0.39, 0.29) is 5.69 Å². The summed E-state index contributed by atoms with van der Waals surface area (Å²) >= 11 is 5.88. The van der Waals surface area contributed by atoms with Crippen molar-refractivity contribution in [2.45, 2.75) is 0 Å². The molecule has 1 amide bonds. The second-order valence-electron chi connectivity index (χ2n) is 4.03. The molecule has 2 aromatic carbocycles. The minimum Gasteiger partial charge on any atom is -0.267 e. The first-order valence-electron chi connectivity index (χ1n) is 5.90. The van der Waals surface area contributed by atoms with Gasteiger partial charge >= 0.3 is 0 Å². The molecule has 21 heavy (non-hydrogen) atoms. The lowest BCUT2D eigenvalue weighted by molar-refractivity contribution is -0.384. The highest BCUT2D eigenvalue weighted by Gasteiger charge is 2.08. The lowest BCUT2D eigenvalue weighted by atomic mass is 10.2. The molecule has 0 unspecified atom stereocenters. The summed E-state index contributed by atoms with van der Waals surface area (Å²) in [5.74, 6) is -0.456. The highest BCUT2D eigenvalue weighted by atomic mass is 35.5. The Morgan fingerprint density at radius 3 is 2.71 bits per heavy atom. The van der Waals surface area contributed by atoms with Crippen molar-refractivity contribution in [3.63, 3.8) is 0 Å². The SMILES string of the molecule is O=C(N/N=C\c1cccc([N+](=O)[O-])c1)c1ccccc1Cl. The lowest BCUT2D eigenvalue weighted by Gasteiger charge is -2.01. The molecule has 1 N–H and O–H groups in total. The molecule has 2 aromatic rings. The number of amides is 1. The van der Waals surface area contributed by atoms with Crippen molar-refractivity contribution >= 4 is 29.4 Å². The van der Waals surface area contributed by atoms with E-state index in [2.05, 4.69) is 10.5 Å². The largest absolute Gasteiger partial charge is 0.272 e. The fraction of sp³-hybridized carbons (Fsp3) is 0. The maximum atomic E-state index is 11.8. The normalized spacial score (nSPS) is 10.5. The van der Waals surface area contributed by atoms with E-state index in [1.807, 2.05) is 0 Å². The quantitative estimate of drug-likeness (QED) is 0.535. The Hall–Kier alpha value is -2.73. The van der Waals surface area contributed by atoms with Gasteiger partial charge < -0.3 is 0 Å². The van der Waals surface area contributed by atoms with Crippen LogP contribution in [0.4, 0.5) is 5.69 Å². The molecule has 0 aliphatic carbocycles. The molecule has 0 aromatic heterocycles. The van der Waals surface area contributed by atoms with Crippen LogP contribution >= 0.6 is 11.6 Å². The average molecular weight is 304 g/mol. The van der Waals surface area contributed by atoms with Gasteiger partial charge in [-0.05, 0) is 12.1 Å². The Kier molecular flexibility index (Phi) is 4.63. The molecule has 0 spiro atoms. The third-order valence-corrected chi connectivity index (χ3v) is 2.91. The van der Waals surface area contributed by atoms with Gasteiger partial charge in [0.25, 0.3) is 11.6 Å². The molecule has 0 saturated carbocycles. The number of benzene rings is 2.